The Morgan fingerprint density at radius 3 is 2.68 bits per heavy atom. The molecule has 0 spiro atoms. The van der Waals surface area contributed by atoms with Gasteiger partial charge < -0.3 is 4.74 Å². The Morgan fingerprint density at radius 1 is 1.09 bits per heavy atom. The molecule has 0 atom stereocenters. The molecule has 0 radical (unpaired) electrons. The number of halogens is 1. The SMILES string of the molecule is O=C(CCc1n[nH]c(=O)[nH]c1=O)N/N=C\c1c(OCc2ccc(F)cc2)ccc2ccccc12. The molecule has 1 aromatic heterocycles. The Labute approximate surface area is 192 Å². The van der Waals surface area contributed by atoms with Gasteiger partial charge in [-0.1, -0.05) is 42.5 Å². The number of hydrogen-bond donors (Lipinski definition) is 3. The van der Waals surface area contributed by atoms with E-state index in [0.29, 0.717) is 11.3 Å². The van der Waals surface area contributed by atoms with Gasteiger partial charge in [0.15, 0.2) is 0 Å². The smallest absolute Gasteiger partial charge is 0.342 e. The minimum atomic E-state index is -0.713. The molecule has 0 saturated carbocycles. The molecule has 1 amide bonds. The third kappa shape index (κ3) is 5.60. The van der Waals surface area contributed by atoms with E-state index in [-0.39, 0.29) is 31.0 Å². The van der Waals surface area contributed by atoms with E-state index in [4.69, 9.17) is 4.74 Å². The Balaban J connectivity index is 1.47. The van der Waals surface area contributed by atoms with Crippen molar-refractivity contribution in [3.8, 4) is 5.75 Å². The maximum Gasteiger partial charge on any atom is 0.342 e. The Hall–Kier alpha value is -4.60. The number of nitrogens with zero attached hydrogens (tertiary/aromatic N) is 2. The lowest BCUT2D eigenvalue weighted by Crippen LogP contribution is -2.28. The van der Waals surface area contributed by atoms with Gasteiger partial charge in [-0.2, -0.15) is 10.2 Å². The van der Waals surface area contributed by atoms with Gasteiger partial charge in [0.05, 0.1) is 6.21 Å². The van der Waals surface area contributed by atoms with Crippen LogP contribution in [-0.2, 0) is 17.8 Å². The highest BCUT2D eigenvalue weighted by Crippen LogP contribution is 2.27. The van der Waals surface area contributed by atoms with Crippen molar-refractivity contribution in [1.82, 2.24) is 20.6 Å². The lowest BCUT2D eigenvalue weighted by molar-refractivity contribution is -0.121. The number of hydrazone groups is 1. The van der Waals surface area contributed by atoms with Gasteiger partial charge in [0.25, 0.3) is 5.56 Å². The molecule has 10 heteroatoms. The number of benzene rings is 3. The topological polar surface area (TPSA) is 129 Å². The summed E-state index contributed by atoms with van der Waals surface area (Å²) in [7, 11) is 0. The average molecular weight is 461 g/mol. The molecule has 4 rings (SSSR count). The summed E-state index contributed by atoms with van der Waals surface area (Å²) in [5.74, 6) is -0.207. The molecule has 1 heterocycles. The van der Waals surface area contributed by atoms with E-state index in [1.54, 1.807) is 12.1 Å². The highest BCUT2D eigenvalue weighted by atomic mass is 19.1. The van der Waals surface area contributed by atoms with E-state index in [2.05, 4.69) is 25.7 Å². The molecule has 3 N–H and O–H groups in total. The molecule has 0 bridgehead atoms. The van der Waals surface area contributed by atoms with Gasteiger partial charge in [0.1, 0.15) is 23.9 Å². The van der Waals surface area contributed by atoms with Crippen LogP contribution in [0.1, 0.15) is 23.2 Å². The first kappa shape index (κ1) is 22.6. The van der Waals surface area contributed by atoms with E-state index in [1.165, 1.54) is 18.3 Å². The van der Waals surface area contributed by atoms with Crippen molar-refractivity contribution in [2.75, 3.05) is 0 Å². The lowest BCUT2D eigenvalue weighted by atomic mass is 10.0. The van der Waals surface area contributed by atoms with Crippen LogP contribution in [0.15, 0.2) is 75.4 Å². The molecular weight excluding hydrogens is 441 g/mol. The number of fused-ring (bicyclic) bond motifs is 1. The summed E-state index contributed by atoms with van der Waals surface area (Å²) in [5.41, 5.74) is 2.59. The zero-order valence-corrected chi connectivity index (χ0v) is 17.9. The fourth-order valence-electron chi connectivity index (χ4n) is 3.27. The number of ether oxygens (including phenoxy) is 1. The zero-order chi connectivity index (χ0) is 23.9. The molecule has 9 nitrogen and oxygen atoms in total. The second kappa shape index (κ2) is 10.3. The van der Waals surface area contributed by atoms with Gasteiger partial charge in [-0.25, -0.2) is 19.7 Å². The van der Waals surface area contributed by atoms with Crippen LogP contribution in [0.4, 0.5) is 4.39 Å². The largest absolute Gasteiger partial charge is 0.488 e. The van der Waals surface area contributed by atoms with Crippen LogP contribution in [-0.4, -0.2) is 27.3 Å². The molecule has 4 aromatic rings. The van der Waals surface area contributed by atoms with Gasteiger partial charge in [-0.3, -0.25) is 14.6 Å². The van der Waals surface area contributed by atoms with Crippen molar-refractivity contribution in [2.24, 2.45) is 5.10 Å². The Kier molecular flexibility index (Phi) is 6.87. The number of hydrogen-bond acceptors (Lipinski definition) is 6. The van der Waals surface area contributed by atoms with E-state index in [9.17, 15) is 18.8 Å². The maximum absolute atomic E-state index is 13.2. The second-order valence-corrected chi connectivity index (χ2v) is 7.36. The monoisotopic (exact) mass is 461 g/mol. The van der Waals surface area contributed by atoms with Crippen LogP contribution in [0.3, 0.4) is 0 Å². The van der Waals surface area contributed by atoms with Crippen LogP contribution < -0.4 is 21.4 Å². The van der Waals surface area contributed by atoms with Crippen molar-refractivity contribution in [2.45, 2.75) is 19.4 Å². The Bertz CT molecular complexity index is 1460. The summed E-state index contributed by atoms with van der Waals surface area (Å²) >= 11 is 0. The number of H-pyrrole nitrogens is 2. The first-order valence-corrected chi connectivity index (χ1v) is 10.4. The van der Waals surface area contributed by atoms with E-state index >= 15 is 0 Å². The van der Waals surface area contributed by atoms with Crippen molar-refractivity contribution in [3.63, 3.8) is 0 Å². The summed E-state index contributed by atoms with van der Waals surface area (Å²) in [5, 5.41) is 11.7. The quantitative estimate of drug-likeness (QED) is 0.274. The molecule has 0 fully saturated rings. The third-order valence-corrected chi connectivity index (χ3v) is 4.99. The zero-order valence-electron chi connectivity index (χ0n) is 17.9. The fraction of sp³-hybridized carbons (Fsp3) is 0.125. The molecule has 0 unspecified atom stereocenters. The number of rotatable bonds is 8. The highest BCUT2D eigenvalue weighted by Gasteiger charge is 2.09. The van der Waals surface area contributed by atoms with Gasteiger partial charge in [-0.15, -0.1) is 0 Å². The highest BCUT2D eigenvalue weighted by molar-refractivity contribution is 6.02. The fourth-order valence-corrected chi connectivity index (χ4v) is 3.27. The van der Waals surface area contributed by atoms with Crippen molar-refractivity contribution in [3.05, 3.63) is 104 Å². The predicted octanol–water partition coefficient (Wildman–Crippen LogP) is 2.41. The molecule has 0 aliphatic heterocycles. The number of aryl methyl sites for hydroxylation is 1. The van der Waals surface area contributed by atoms with Crippen LogP contribution >= 0.6 is 0 Å². The number of carbonyl (C=O) groups excluding carboxylic acids is 1. The number of carbonyl (C=O) groups is 1. The van der Waals surface area contributed by atoms with Gasteiger partial charge in [0, 0.05) is 18.4 Å². The summed E-state index contributed by atoms with van der Waals surface area (Å²) in [6, 6.07) is 17.4. The minimum Gasteiger partial charge on any atom is -0.488 e. The van der Waals surface area contributed by atoms with E-state index in [0.717, 1.165) is 16.3 Å². The molecule has 3 aromatic carbocycles. The summed E-state index contributed by atoms with van der Waals surface area (Å²) in [6.07, 6.45) is 1.47. The maximum atomic E-state index is 13.2. The molecular formula is C24H20FN5O4. The summed E-state index contributed by atoms with van der Waals surface area (Å²) in [4.78, 5) is 36.9. The molecule has 0 saturated heterocycles. The average Bonchev–Trinajstić information content (AvgIpc) is 2.83. The molecule has 0 aliphatic rings. The standard InChI is InChI=1S/C24H20FN5O4/c25-17-8-5-15(6-9-17)14-34-21-11-7-16-3-1-2-4-18(16)19(21)13-26-29-22(31)12-10-20-23(32)27-24(33)30-28-20/h1-9,11,13H,10,12,14H2,(H,29,31)(H2,27,30,32,33)/b26-13-. The Morgan fingerprint density at radius 2 is 1.88 bits per heavy atom. The van der Waals surface area contributed by atoms with Gasteiger partial charge >= 0.3 is 5.69 Å². The first-order chi connectivity index (χ1) is 16.5. The van der Waals surface area contributed by atoms with Crippen molar-refractivity contribution in [1.29, 1.82) is 0 Å². The number of amides is 1. The predicted molar refractivity (Wildman–Crippen MR) is 124 cm³/mol. The van der Waals surface area contributed by atoms with E-state index in [1.807, 2.05) is 36.4 Å². The number of aromatic amines is 2. The molecule has 34 heavy (non-hydrogen) atoms. The van der Waals surface area contributed by atoms with Crippen molar-refractivity contribution < 1.29 is 13.9 Å². The number of nitrogens with one attached hydrogen (secondary N) is 3. The lowest BCUT2D eigenvalue weighted by Gasteiger charge is -2.12. The summed E-state index contributed by atoms with van der Waals surface area (Å²) in [6.45, 7) is 0.229. The van der Waals surface area contributed by atoms with Crippen LogP contribution in [0.5, 0.6) is 5.75 Å². The second-order valence-electron chi connectivity index (χ2n) is 7.36. The van der Waals surface area contributed by atoms with E-state index < -0.39 is 17.2 Å². The van der Waals surface area contributed by atoms with Crippen LogP contribution in [0.2, 0.25) is 0 Å². The summed E-state index contributed by atoms with van der Waals surface area (Å²) < 4.78 is 19.1. The molecule has 172 valence electrons. The molecule has 0 aliphatic carbocycles. The normalized spacial score (nSPS) is 11.1. The third-order valence-electron chi connectivity index (χ3n) is 4.99. The van der Waals surface area contributed by atoms with Crippen molar-refractivity contribution >= 4 is 22.9 Å². The van der Waals surface area contributed by atoms with Crippen LogP contribution in [0, 0.1) is 5.82 Å². The minimum absolute atomic E-state index is 0.0355. The first-order valence-electron chi connectivity index (χ1n) is 10.4. The van der Waals surface area contributed by atoms with Gasteiger partial charge in [0.2, 0.25) is 5.91 Å². The van der Waals surface area contributed by atoms with Gasteiger partial charge in [-0.05, 0) is 34.5 Å². The van der Waals surface area contributed by atoms with Crippen LogP contribution in [0.25, 0.3) is 10.8 Å². The number of aromatic nitrogens is 3.